The van der Waals surface area contributed by atoms with Gasteiger partial charge in [0.05, 0.1) is 16.0 Å². The monoisotopic (exact) mass is 461 g/mol. The third kappa shape index (κ3) is 6.43. The van der Waals surface area contributed by atoms with Crippen LogP contribution in [0, 0.1) is 12.7 Å². The first kappa shape index (κ1) is 23.1. The zero-order valence-electron chi connectivity index (χ0n) is 17.1. The Morgan fingerprint density at radius 2 is 1.74 bits per heavy atom. The van der Waals surface area contributed by atoms with Crippen molar-refractivity contribution in [3.8, 4) is 0 Å². The minimum absolute atomic E-state index is 0.0305. The molecule has 164 valence electrons. The number of aryl methyl sites for hydroxylation is 1. The van der Waals surface area contributed by atoms with Gasteiger partial charge >= 0.3 is 0 Å². The first-order valence-corrected chi connectivity index (χ1v) is 12.2. The SMILES string of the molecule is Cc1ccccc1C(=O)c1cnc(NCCCCCNS(=O)(=O)c2ccc(F)cc2)s1. The lowest BCUT2D eigenvalue weighted by Gasteiger charge is -2.07. The number of thiazole rings is 1. The average molecular weight is 462 g/mol. The van der Waals surface area contributed by atoms with Gasteiger partial charge in [0.15, 0.2) is 5.13 Å². The van der Waals surface area contributed by atoms with Gasteiger partial charge < -0.3 is 5.32 Å². The number of benzene rings is 2. The summed E-state index contributed by atoms with van der Waals surface area (Å²) in [7, 11) is -3.62. The summed E-state index contributed by atoms with van der Waals surface area (Å²) in [5, 5.41) is 3.89. The Kier molecular flexibility index (Phi) is 7.89. The molecule has 0 amide bonds. The minimum atomic E-state index is -3.62. The molecular formula is C22H24FN3O3S2. The van der Waals surface area contributed by atoms with Gasteiger partial charge in [0.2, 0.25) is 15.8 Å². The standard InChI is InChI=1S/C22H24FN3O3S2/c1-16-7-3-4-8-19(16)21(27)20-15-25-22(30-20)24-13-5-2-6-14-26-31(28,29)18-11-9-17(23)10-12-18/h3-4,7-12,15,26H,2,5-6,13-14H2,1H3,(H,24,25). The maximum atomic E-state index is 12.9. The molecule has 0 aliphatic carbocycles. The number of carbonyl (C=O) groups excluding carboxylic acids is 1. The lowest BCUT2D eigenvalue weighted by molar-refractivity contribution is 0.104. The highest BCUT2D eigenvalue weighted by atomic mass is 32.2. The Morgan fingerprint density at radius 1 is 1.03 bits per heavy atom. The zero-order valence-corrected chi connectivity index (χ0v) is 18.7. The molecule has 1 aromatic heterocycles. The number of halogens is 1. The van der Waals surface area contributed by atoms with E-state index >= 15 is 0 Å². The molecule has 0 spiro atoms. The van der Waals surface area contributed by atoms with Crippen LogP contribution in [-0.2, 0) is 10.0 Å². The van der Waals surface area contributed by atoms with E-state index in [1.807, 2.05) is 31.2 Å². The summed E-state index contributed by atoms with van der Waals surface area (Å²) < 4.78 is 39.7. The van der Waals surface area contributed by atoms with E-state index in [1.165, 1.54) is 23.5 Å². The largest absolute Gasteiger partial charge is 0.362 e. The Labute approximate surface area is 185 Å². The molecule has 0 fully saturated rings. The maximum Gasteiger partial charge on any atom is 0.240 e. The molecule has 1 heterocycles. The fraction of sp³-hybridized carbons (Fsp3) is 0.273. The summed E-state index contributed by atoms with van der Waals surface area (Å²) in [6.45, 7) is 2.90. The van der Waals surface area contributed by atoms with Gasteiger partial charge in [-0.15, -0.1) is 0 Å². The highest BCUT2D eigenvalue weighted by molar-refractivity contribution is 7.89. The number of nitrogens with zero attached hydrogens (tertiary/aromatic N) is 1. The summed E-state index contributed by atoms with van der Waals surface area (Å²) in [6, 6.07) is 12.2. The summed E-state index contributed by atoms with van der Waals surface area (Å²) in [4.78, 5) is 17.5. The number of ketones is 1. The van der Waals surface area contributed by atoms with Crippen LogP contribution in [0.3, 0.4) is 0 Å². The molecule has 2 aromatic carbocycles. The van der Waals surface area contributed by atoms with Gasteiger partial charge in [-0.05, 0) is 49.6 Å². The van der Waals surface area contributed by atoms with Crippen LogP contribution < -0.4 is 10.0 Å². The second kappa shape index (κ2) is 10.6. The van der Waals surface area contributed by atoms with E-state index in [4.69, 9.17) is 0 Å². The topological polar surface area (TPSA) is 88.2 Å². The van der Waals surface area contributed by atoms with Crippen LogP contribution in [0.2, 0.25) is 0 Å². The van der Waals surface area contributed by atoms with Crippen LogP contribution in [-0.4, -0.2) is 32.3 Å². The van der Waals surface area contributed by atoms with Crippen LogP contribution in [0.5, 0.6) is 0 Å². The molecule has 2 N–H and O–H groups in total. The molecule has 3 rings (SSSR count). The maximum absolute atomic E-state index is 12.9. The summed E-state index contributed by atoms with van der Waals surface area (Å²) >= 11 is 1.32. The molecule has 0 saturated carbocycles. The number of nitrogens with one attached hydrogen (secondary N) is 2. The molecule has 0 aliphatic rings. The number of hydrogen-bond acceptors (Lipinski definition) is 6. The van der Waals surface area contributed by atoms with Gasteiger partial charge in [-0.1, -0.05) is 42.0 Å². The molecule has 31 heavy (non-hydrogen) atoms. The van der Waals surface area contributed by atoms with Gasteiger partial charge in [0.25, 0.3) is 0 Å². The smallest absolute Gasteiger partial charge is 0.240 e. The number of aromatic nitrogens is 1. The number of sulfonamides is 1. The first-order valence-electron chi connectivity index (χ1n) is 9.92. The van der Waals surface area contributed by atoms with Crippen molar-refractivity contribution >= 4 is 32.3 Å². The van der Waals surface area contributed by atoms with Crippen molar-refractivity contribution in [2.24, 2.45) is 0 Å². The molecule has 3 aromatic rings. The lowest BCUT2D eigenvalue weighted by Crippen LogP contribution is -2.24. The fourth-order valence-electron chi connectivity index (χ4n) is 2.95. The van der Waals surface area contributed by atoms with E-state index in [-0.39, 0.29) is 10.7 Å². The van der Waals surface area contributed by atoms with E-state index in [2.05, 4.69) is 15.0 Å². The van der Waals surface area contributed by atoms with Crippen molar-refractivity contribution in [3.63, 3.8) is 0 Å². The first-order chi connectivity index (χ1) is 14.9. The molecule has 0 bridgehead atoms. The van der Waals surface area contributed by atoms with E-state index in [1.54, 1.807) is 6.20 Å². The highest BCUT2D eigenvalue weighted by Crippen LogP contribution is 2.22. The van der Waals surface area contributed by atoms with Crippen molar-refractivity contribution < 1.29 is 17.6 Å². The van der Waals surface area contributed by atoms with Crippen molar-refractivity contribution in [2.45, 2.75) is 31.1 Å². The van der Waals surface area contributed by atoms with Gasteiger partial charge in [0.1, 0.15) is 5.82 Å². The molecular weight excluding hydrogens is 437 g/mol. The lowest BCUT2D eigenvalue weighted by atomic mass is 10.0. The zero-order chi connectivity index (χ0) is 22.3. The van der Waals surface area contributed by atoms with Crippen LogP contribution in [0.4, 0.5) is 9.52 Å². The molecule has 0 atom stereocenters. The number of rotatable bonds is 11. The highest BCUT2D eigenvalue weighted by Gasteiger charge is 2.15. The van der Waals surface area contributed by atoms with E-state index in [0.717, 1.165) is 30.5 Å². The van der Waals surface area contributed by atoms with E-state index < -0.39 is 15.8 Å². The van der Waals surface area contributed by atoms with E-state index in [9.17, 15) is 17.6 Å². The van der Waals surface area contributed by atoms with Crippen molar-refractivity contribution in [2.75, 3.05) is 18.4 Å². The summed E-state index contributed by atoms with van der Waals surface area (Å²) in [6.07, 6.45) is 3.92. The van der Waals surface area contributed by atoms with Gasteiger partial charge in [-0.2, -0.15) is 0 Å². The van der Waals surface area contributed by atoms with E-state index in [0.29, 0.717) is 35.1 Å². The van der Waals surface area contributed by atoms with Crippen LogP contribution in [0.25, 0.3) is 0 Å². The minimum Gasteiger partial charge on any atom is -0.362 e. The van der Waals surface area contributed by atoms with Gasteiger partial charge in [-0.25, -0.2) is 22.5 Å². The van der Waals surface area contributed by atoms with Gasteiger partial charge in [0, 0.05) is 18.7 Å². The van der Waals surface area contributed by atoms with Crippen molar-refractivity contribution in [3.05, 3.63) is 76.5 Å². The van der Waals surface area contributed by atoms with Crippen LogP contribution in [0.1, 0.15) is 40.1 Å². The third-order valence-electron chi connectivity index (χ3n) is 4.66. The average Bonchev–Trinajstić information content (AvgIpc) is 3.22. The normalized spacial score (nSPS) is 11.4. The second-order valence-electron chi connectivity index (χ2n) is 7.01. The van der Waals surface area contributed by atoms with Crippen molar-refractivity contribution in [1.29, 1.82) is 0 Å². The third-order valence-corrected chi connectivity index (χ3v) is 7.10. The number of unbranched alkanes of at least 4 members (excludes halogenated alkanes) is 2. The van der Waals surface area contributed by atoms with Crippen LogP contribution >= 0.6 is 11.3 Å². The Morgan fingerprint density at radius 3 is 2.48 bits per heavy atom. The predicted octanol–water partition coefficient (Wildman–Crippen LogP) is 4.38. The molecule has 0 saturated heterocycles. The molecule has 0 radical (unpaired) electrons. The van der Waals surface area contributed by atoms with Crippen LogP contribution in [0.15, 0.2) is 59.6 Å². The fourth-order valence-corrected chi connectivity index (χ4v) is 4.82. The number of anilines is 1. The van der Waals surface area contributed by atoms with Crippen molar-refractivity contribution in [1.82, 2.24) is 9.71 Å². The summed E-state index contributed by atoms with van der Waals surface area (Å²) in [5.41, 5.74) is 1.62. The molecule has 9 heteroatoms. The molecule has 0 unspecified atom stereocenters. The molecule has 0 aliphatic heterocycles. The second-order valence-corrected chi connectivity index (χ2v) is 9.81. The number of carbonyl (C=O) groups is 1. The Hall–Kier alpha value is -2.62. The predicted molar refractivity (Wildman–Crippen MR) is 121 cm³/mol. The Balaban J connectivity index is 1.37. The number of hydrogen-bond donors (Lipinski definition) is 2. The van der Waals surface area contributed by atoms with Gasteiger partial charge in [-0.3, -0.25) is 4.79 Å². The molecule has 6 nitrogen and oxygen atoms in total. The Bertz CT molecular complexity index is 1130. The quantitative estimate of drug-likeness (QED) is 0.327. The summed E-state index contributed by atoms with van der Waals surface area (Å²) in [5.74, 6) is -0.504.